The first-order chi connectivity index (χ1) is 10.9. The maximum Gasteiger partial charge on any atom is 0.238 e. The van der Waals surface area contributed by atoms with E-state index in [1.54, 1.807) is 11.8 Å². The Hall–Kier alpha value is -1.83. The number of hydrogen-bond donors (Lipinski definition) is 2. The van der Waals surface area contributed by atoms with Gasteiger partial charge in [0.25, 0.3) is 0 Å². The second-order valence-electron chi connectivity index (χ2n) is 4.88. The molecule has 0 aliphatic heterocycles. The molecule has 0 fully saturated rings. The summed E-state index contributed by atoms with van der Waals surface area (Å²) < 4.78 is 22.3. The molecule has 0 saturated heterocycles. The van der Waals surface area contributed by atoms with Gasteiger partial charge in [-0.2, -0.15) is 0 Å². The van der Waals surface area contributed by atoms with E-state index in [1.807, 2.05) is 30.3 Å². The number of rotatable bonds is 7. The Labute approximate surface area is 140 Å². The molecule has 0 aliphatic rings. The smallest absolute Gasteiger partial charge is 0.238 e. The molecule has 7 heteroatoms. The highest BCUT2D eigenvalue weighted by Crippen LogP contribution is 2.19. The fraction of sp³-hybridized carbons (Fsp3) is 0.188. The lowest BCUT2D eigenvalue weighted by atomic mass is 10.3. The quantitative estimate of drug-likeness (QED) is 0.593. The van der Waals surface area contributed by atoms with E-state index in [2.05, 4.69) is 5.32 Å². The van der Waals surface area contributed by atoms with Crippen LogP contribution in [0.2, 0.25) is 0 Å². The Morgan fingerprint density at radius 3 is 2.30 bits per heavy atom. The molecule has 23 heavy (non-hydrogen) atoms. The summed E-state index contributed by atoms with van der Waals surface area (Å²) in [5.41, 5.74) is 0.554. The predicted molar refractivity (Wildman–Crippen MR) is 92.8 cm³/mol. The largest absolute Gasteiger partial charge is 0.326 e. The van der Waals surface area contributed by atoms with Crippen LogP contribution in [0.5, 0.6) is 0 Å². The number of thioether (sulfide) groups is 1. The molecule has 0 heterocycles. The molecule has 0 aliphatic carbocycles. The summed E-state index contributed by atoms with van der Waals surface area (Å²) in [6.07, 6.45) is 1.18. The van der Waals surface area contributed by atoms with Gasteiger partial charge in [-0.05, 0) is 48.6 Å². The van der Waals surface area contributed by atoms with Gasteiger partial charge < -0.3 is 5.32 Å². The number of nitrogens with one attached hydrogen (secondary N) is 1. The third-order valence-electron chi connectivity index (χ3n) is 3.03. The lowest BCUT2D eigenvalue weighted by Gasteiger charge is -2.06. The van der Waals surface area contributed by atoms with Crippen molar-refractivity contribution in [1.29, 1.82) is 0 Å². The van der Waals surface area contributed by atoms with Gasteiger partial charge in [-0.3, -0.25) is 4.79 Å². The fourth-order valence-corrected chi connectivity index (χ4v) is 3.28. The maximum absolute atomic E-state index is 11.8. The Morgan fingerprint density at radius 1 is 1.04 bits per heavy atom. The molecule has 0 spiro atoms. The van der Waals surface area contributed by atoms with Gasteiger partial charge in [-0.15, -0.1) is 11.8 Å². The van der Waals surface area contributed by atoms with E-state index in [0.717, 1.165) is 12.2 Å². The highest BCUT2D eigenvalue weighted by Gasteiger charge is 2.08. The van der Waals surface area contributed by atoms with Crippen LogP contribution >= 0.6 is 11.8 Å². The average Bonchev–Trinajstić information content (AvgIpc) is 2.52. The maximum atomic E-state index is 11.8. The number of hydrogen-bond acceptors (Lipinski definition) is 4. The minimum atomic E-state index is -3.71. The lowest BCUT2D eigenvalue weighted by molar-refractivity contribution is -0.116. The predicted octanol–water partition coefficient (Wildman–Crippen LogP) is 2.85. The number of carbonyl (C=O) groups excluding carboxylic acids is 1. The normalized spacial score (nSPS) is 11.2. The first kappa shape index (κ1) is 17.5. The zero-order valence-corrected chi connectivity index (χ0v) is 14.1. The van der Waals surface area contributed by atoms with Crippen molar-refractivity contribution in [3.05, 3.63) is 54.6 Å². The summed E-state index contributed by atoms with van der Waals surface area (Å²) in [5, 5.41) is 7.76. The van der Waals surface area contributed by atoms with E-state index >= 15 is 0 Å². The SMILES string of the molecule is NS(=O)(=O)c1ccc(NC(=O)CCCSc2ccccc2)cc1. The lowest BCUT2D eigenvalue weighted by Crippen LogP contribution is -2.13. The molecule has 2 aromatic rings. The van der Waals surface area contributed by atoms with Crippen molar-refractivity contribution in [2.45, 2.75) is 22.6 Å². The summed E-state index contributed by atoms with van der Waals surface area (Å²) in [7, 11) is -3.71. The summed E-state index contributed by atoms with van der Waals surface area (Å²) in [6.45, 7) is 0. The number of anilines is 1. The summed E-state index contributed by atoms with van der Waals surface area (Å²) in [4.78, 5) is 13.1. The molecule has 3 N–H and O–H groups in total. The molecule has 0 aromatic heterocycles. The second kappa shape index (κ2) is 8.14. The number of sulfonamides is 1. The minimum absolute atomic E-state index is 0.0229. The van der Waals surface area contributed by atoms with E-state index in [0.29, 0.717) is 12.1 Å². The zero-order chi connectivity index (χ0) is 16.7. The summed E-state index contributed by atoms with van der Waals surface area (Å²) in [6, 6.07) is 15.8. The number of benzene rings is 2. The molecule has 2 rings (SSSR count). The van der Waals surface area contributed by atoms with Gasteiger partial charge in [0.15, 0.2) is 0 Å². The highest BCUT2D eigenvalue weighted by atomic mass is 32.2. The van der Waals surface area contributed by atoms with Crippen LogP contribution in [0, 0.1) is 0 Å². The van der Waals surface area contributed by atoms with Gasteiger partial charge in [0, 0.05) is 17.0 Å². The molecule has 0 atom stereocenters. The van der Waals surface area contributed by atoms with Gasteiger partial charge in [-0.1, -0.05) is 18.2 Å². The number of carbonyl (C=O) groups is 1. The summed E-state index contributed by atoms with van der Waals surface area (Å²) >= 11 is 1.71. The molecular formula is C16H18N2O3S2. The Morgan fingerprint density at radius 2 is 1.70 bits per heavy atom. The molecule has 0 bridgehead atoms. The highest BCUT2D eigenvalue weighted by molar-refractivity contribution is 7.99. The second-order valence-corrected chi connectivity index (χ2v) is 7.61. The molecule has 0 saturated carbocycles. The van der Waals surface area contributed by atoms with Gasteiger partial charge in [-0.25, -0.2) is 13.6 Å². The van der Waals surface area contributed by atoms with Crippen LogP contribution in [0.4, 0.5) is 5.69 Å². The third-order valence-corrected chi connectivity index (χ3v) is 5.05. The Bertz CT molecular complexity index is 745. The molecule has 1 amide bonds. The third kappa shape index (κ3) is 6.05. The Balaban J connectivity index is 1.74. The Kier molecular flexibility index (Phi) is 6.20. The first-order valence-electron chi connectivity index (χ1n) is 7.06. The van der Waals surface area contributed by atoms with E-state index in [-0.39, 0.29) is 10.8 Å². The minimum Gasteiger partial charge on any atom is -0.326 e. The van der Waals surface area contributed by atoms with Crippen molar-refractivity contribution in [3.63, 3.8) is 0 Å². The zero-order valence-electron chi connectivity index (χ0n) is 12.4. The fourth-order valence-electron chi connectivity index (χ4n) is 1.89. The van der Waals surface area contributed by atoms with Crippen molar-refractivity contribution < 1.29 is 13.2 Å². The number of nitrogens with two attached hydrogens (primary N) is 1. The van der Waals surface area contributed by atoms with Crippen molar-refractivity contribution >= 4 is 33.4 Å². The number of amides is 1. The van der Waals surface area contributed by atoms with Crippen molar-refractivity contribution in [2.24, 2.45) is 5.14 Å². The van der Waals surface area contributed by atoms with E-state index in [4.69, 9.17) is 5.14 Å². The standard InChI is InChI=1S/C16H18N2O3S2/c17-23(20,21)15-10-8-13(9-11-15)18-16(19)7-4-12-22-14-5-2-1-3-6-14/h1-3,5-6,8-11H,4,7,12H2,(H,18,19)(H2,17,20,21). The monoisotopic (exact) mass is 350 g/mol. The van der Waals surface area contributed by atoms with Crippen LogP contribution in [-0.4, -0.2) is 20.1 Å². The average molecular weight is 350 g/mol. The van der Waals surface area contributed by atoms with Gasteiger partial charge in [0.2, 0.25) is 15.9 Å². The van der Waals surface area contributed by atoms with Crippen LogP contribution in [0.3, 0.4) is 0 Å². The van der Waals surface area contributed by atoms with Crippen LogP contribution < -0.4 is 10.5 Å². The van der Waals surface area contributed by atoms with E-state index in [9.17, 15) is 13.2 Å². The number of primary sulfonamides is 1. The van der Waals surface area contributed by atoms with Crippen molar-refractivity contribution in [1.82, 2.24) is 0 Å². The molecular weight excluding hydrogens is 332 g/mol. The van der Waals surface area contributed by atoms with Gasteiger partial charge >= 0.3 is 0 Å². The molecule has 0 unspecified atom stereocenters. The van der Waals surface area contributed by atoms with Crippen LogP contribution in [0.1, 0.15) is 12.8 Å². The van der Waals surface area contributed by atoms with Gasteiger partial charge in [0.1, 0.15) is 0 Å². The van der Waals surface area contributed by atoms with Crippen LogP contribution in [-0.2, 0) is 14.8 Å². The molecule has 122 valence electrons. The van der Waals surface area contributed by atoms with Crippen molar-refractivity contribution in [2.75, 3.05) is 11.1 Å². The molecule has 2 aromatic carbocycles. The van der Waals surface area contributed by atoms with Crippen LogP contribution in [0.25, 0.3) is 0 Å². The van der Waals surface area contributed by atoms with E-state index < -0.39 is 10.0 Å². The van der Waals surface area contributed by atoms with Crippen molar-refractivity contribution in [3.8, 4) is 0 Å². The van der Waals surface area contributed by atoms with E-state index in [1.165, 1.54) is 29.2 Å². The van der Waals surface area contributed by atoms with Gasteiger partial charge in [0.05, 0.1) is 4.90 Å². The first-order valence-corrected chi connectivity index (χ1v) is 9.59. The topological polar surface area (TPSA) is 89.3 Å². The molecule has 0 radical (unpaired) electrons. The summed E-state index contributed by atoms with van der Waals surface area (Å²) in [5.74, 6) is 0.768. The molecule has 5 nitrogen and oxygen atoms in total. The van der Waals surface area contributed by atoms with Crippen LogP contribution in [0.15, 0.2) is 64.4 Å².